The first kappa shape index (κ1) is 29.2. The highest BCUT2D eigenvalue weighted by Gasteiger charge is 2.35. The van der Waals surface area contributed by atoms with Crippen LogP contribution in [0.25, 0.3) is 0 Å². The van der Waals surface area contributed by atoms with Crippen LogP contribution in [0, 0.1) is 5.82 Å². The van der Waals surface area contributed by atoms with Crippen molar-refractivity contribution in [2.24, 2.45) is 4.99 Å². The summed E-state index contributed by atoms with van der Waals surface area (Å²) in [5.74, 6) is -0.669. The summed E-state index contributed by atoms with van der Waals surface area (Å²) >= 11 is 4.77. The number of carbonyl (C=O) groups is 2. The van der Waals surface area contributed by atoms with Gasteiger partial charge in [-0.25, -0.2) is 9.18 Å². The summed E-state index contributed by atoms with van der Waals surface area (Å²) < 4.78 is 25.3. The molecule has 0 bridgehead atoms. The van der Waals surface area contributed by atoms with Gasteiger partial charge in [-0.05, 0) is 45.4 Å². The van der Waals surface area contributed by atoms with Crippen LogP contribution in [0.4, 0.5) is 4.39 Å². The Bertz CT molecular complexity index is 1260. The minimum Gasteiger partial charge on any atom is -0.463 e. The molecule has 0 amide bonds. The van der Waals surface area contributed by atoms with E-state index in [1.54, 1.807) is 18.5 Å². The first-order valence-electron chi connectivity index (χ1n) is 12.7. The normalized spacial score (nSPS) is 18.9. The van der Waals surface area contributed by atoms with Gasteiger partial charge < -0.3 is 14.8 Å². The number of hydrogen-bond acceptors (Lipinski definition) is 11. The zero-order chi connectivity index (χ0) is 28.2. The highest BCUT2D eigenvalue weighted by molar-refractivity contribution is 9.10. The van der Waals surface area contributed by atoms with Crippen LogP contribution in [-0.2, 0) is 19.1 Å². The molecule has 0 spiro atoms. The zero-order valence-electron chi connectivity index (χ0n) is 22.4. The number of rotatable bonds is 8. The maximum atomic E-state index is 13.9. The van der Waals surface area contributed by atoms with Crippen molar-refractivity contribution in [2.75, 3.05) is 45.9 Å². The summed E-state index contributed by atoms with van der Waals surface area (Å²) in [6.45, 7) is 10.9. The average molecular weight is 624 g/mol. The van der Waals surface area contributed by atoms with Crippen LogP contribution in [0.5, 0.6) is 0 Å². The van der Waals surface area contributed by atoms with Gasteiger partial charge in [-0.2, -0.15) is 0 Å². The zero-order valence-corrected chi connectivity index (χ0v) is 24.8. The van der Waals surface area contributed by atoms with Gasteiger partial charge in [0.05, 0.1) is 18.7 Å². The lowest BCUT2D eigenvalue weighted by atomic mass is 9.95. The summed E-state index contributed by atoms with van der Waals surface area (Å²) in [7, 11) is 0. The van der Waals surface area contributed by atoms with E-state index in [0.717, 1.165) is 0 Å². The van der Waals surface area contributed by atoms with Crippen LogP contribution in [0.2, 0.25) is 0 Å². The quantitative estimate of drug-likeness (QED) is 0.443. The minimum atomic E-state index is -0.748. The standard InChI is InChI=1S/C26H32BrFN6O4S/c1-5-37-25(36)21-19(13-33-8-10-34(11-9-33)14-20(35)38-26(2,3)4)30-23(24-32-29-15-39-24)31-22(21)17-7-6-16(28)12-18(17)27/h6-7,12,15,22H,5,8-11,13-14H2,1-4H3,(H,30,31). The number of halogens is 2. The van der Waals surface area contributed by atoms with Crippen LogP contribution in [-0.4, -0.2) is 89.2 Å². The van der Waals surface area contributed by atoms with Crippen molar-refractivity contribution >= 4 is 45.0 Å². The number of aromatic nitrogens is 2. The molecule has 1 atom stereocenters. The molecular formula is C26H32BrFN6O4S. The predicted octanol–water partition coefficient (Wildman–Crippen LogP) is 3.31. The van der Waals surface area contributed by atoms with Crippen molar-refractivity contribution in [2.45, 2.75) is 39.3 Å². The van der Waals surface area contributed by atoms with E-state index < -0.39 is 23.4 Å². The maximum absolute atomic E-state index is 13.9. The number of aliphatic imine (C=N–C) groups is 1. The van der Waals surface area contributed by atoms with E-state index in [9.17, 15) is 14.0 Å². The van der Waals surface area contributed by atoms with Gasteiger partial charge in [0.2, 0.25) is 0 Å². The fraction of sp³-hybridized carbons (Fsp3) is 0.500. The van der Waals surface area contributed by atoms with Gasteiger partial charge in [-0.3, -0.25) is 19.6 Å². The van der Waals surface area contributed by atoms with Gasteiger partial charge in [0.1, 0.15) is 23.0 Å². The van der Waals surface area contributed by atoms with Crippen molar-refractivity contribution in [3.8, 4) is 0 Å². The van der Waals surface area contributed by atoms with Crippen molar-refractivity contribution in [1.29, 1.82) is 0 Å². The lowest BCUT2D eigenvalue weighted by Gasteiger charge is -2.36. The Hall–Kier alpha value is -2.74. The second-order valence-electron chi connectivity index (χ2n) is 10.2. The van der Waals surface area contributed by atoms with Crippen LogP contribution >= 0.6 is 27.3 Å². The van der Waals surface area contributed by atoms with Crippen molar-refractivity contribution in [3.63, 3.8) is 0 Å². The SMILES string of the molecule is CCOC(=O)C1=C(CN2CCN(CC(=O)OC(C)(C)C)CC2)NC(c2nncs2)=NC1c1ccc(F)cc1Br. The third-order valence-corrected chi connectivity index (χ3v) is 7.45. The predicted molar refractivity (Wildman–Crippen MR) is 149 cm³/mol. The van der Waals surface area contributed by atoms with Gasteiger partial charge in [-0.15, -0.1) is 10.2 Å². The van der Waals surface area contributed by atoms with Gasteiger partial charge in [0, 0.05) is 42.9 Å². The van der Waals surface area contributed by atoms with Crippen molar-refractivity contribution < 1.29 is 23.5 Å². The lowest BCUT2D eigenvalue weighted by molar-refractivity contribution is -0.156. The molecule has 210 valence electrons. The fourth-order valence-electron chi connectivity index (χ4n) is 4.39. The Kier molecular flexibility index (Phi) is 9.47. The summed E-state index contributed by atoms with van der Waals surface area (Å²) in [6.07, 6.45) is 0. The van der Waals surface area contributed by atoms with Gasteiger partial charge in [0.15, 0.2) is 10.8 Å². The molecule has 13 heteroatoms. The van der Waals surface area contributed by atoms with E-state index in [1.165, 1.54) is 23.5 Å². The molecule has 3 heterocycles. The molecule has 1 N–H and O–H groups in total. The van der Waals surface area contributed by atoms with E-state index in [0.29, 0.717) is 64.9 Å². The molecule has 1 aromatic carbocycles. The van der Waals surface area contributed by atoms with E-state index in [4.69, 9.17) is 14.5 Å². The highest BCUT2D eigenvalue weighted by atomic mass is 79.9. The molecule has 0 saturated carbocycles. The van der Waals surface area contributed by atoms with E-state index in [1.807, 2.05) is 20.8 Å². The molecule has 2 aromatic rings. The van der Waals surface area contributed by atoms with E-state index in [-0.39, 0.29) is 19.1 Å². The number of amidine groups is 1. The molecule has 1 fully saturated rings. The van der Waals surface area contributed by atoms with E-state index >= 15 is 0 Å². The Morgan fingerprint density at radius 2 is 1.92 bits per heavy atom. The Morgan fingerprint density at radius 1 is 1.21 bits per heavy atom. The van der Waals surface area contributed by atoms with E-state index in [2.05, 4.69) is 41.2 Å². The third-order valence-electron chi connectivity index (χ3n) is 6.06. The molecule has 39 heavy (non-hydrogen) atoms. The molecule has 4 rings (SSSR count). The van der Waals surface area contributed by atoms with Crippen LogP contribution < -0.4 is 5.32 Å². The van der Waals surface area contributed by atoms with Gasteiger partial charge >= 0.3 is 11.9 Å². The third kappa shape index (κ3) is 7.68. The molecule has 2 aliphatic heterocycles. The van der Waals surface area contributed by atoms with Crippen molar-refractivity contribution in [1.82, 2.24) is 25.3 Å². The topological polar surface area (TPSA) is 109 Å². The molecule has 1 unspecified atom stereocenters. The maximum Gasteiger partial charge on any atom is 0.338 e. The fourth-order valence-corrected chi connectivity index (χ4v) is 5.46. The number of nitrogens with zero attached hydrogens (tertiary/aromatic N) is 5. The number of ether oxygens (including phenoxy) is 2. The Balaban J connectivity index is 1.59. The summed E-state index contributed by atoms with van der Waals surface area (Å²) in [5.41, 5.74) is 2.70. The Labute approximate surface area is 239 Å². The van der Waals surface area contributed by atoms with Crippen LogP contribution in [0.1, 0.15) is 44.3 Å². The number of piperazine rings is 1. The first-order valence-corrected chi connectivity index (χ1v) is 14.3. The molecule has 2 aliphatic rings. The molecule has 0 aliphatic carbocycles. The summed E-state index contributed by atoms with van der Waals surface area (Å²) in [5, 5.41) is 12.0. The second-order valence-corrected chi connectivity index (χ2v) is 11.9. The number of hydrogen-bond donors (Lipinski definition) is 1. The van der Waals surface area contributed by atoms with Gasteiger partial charge in [-0.1, -0.05) is 33.3 Å². The van der Waals surface area contributed by atoms with Gasteiger partial charge in [0.25, 0.3) is 0 Å². The molecule has 1 saturated heterocycles. The number of nitrogens with one attached hydrogen (secondary N) is 1. The molecule has 0 radical (unpaired) electrons. The van der Waals surface area contributed by atoms with Crippen molar-refractivity contribution in [3.05, 3.63) is 55.8 Å². The summed E-state index contributed by atoms with van der Waals surface area (Å²) in [6, 6.07) is 3.56. The number of carbonyl (C=O) groups excluding carboxylic acids is 2. The highest BCUT2D eigenvalue weighted by Crippen LogP contribution is 2.37. The first-order chi connectivity index (χ1) is 18.5. The lowest BCUT2D eigenvalue weighted by Crippen LogP contribution is -2.50. The smallest absolute Gasteiger partial charge is 0.338 e. The molecule has 10 nitrogen and oxygen atoms in total. The average Bonchev–Trinajstić information content (AvgIpc) is 3.39. The van der Waals surface area contributed by atoms with Crippen LogP contribution in [0.3, 0.4) is 0 Å². The second kappa shape index (κ2) is 12.6. The van der Waals surface area contributed by atoms with Crippen LogP contribution in [0.15, 0.2) is 44.4 Å². The number of benzene rings is 1. The minimum absolute atomic E-state index is 0.198. The monoisotopic (exact) mass is 622 g/mol. The molecule has 1 aromatic heterocycles. The summed E-state index contributed by atoms with van der Waals surface area (Å²) in [4.78, 5) is 34.7. The number of esters is 2. The Morgan fingerprint density at radius 3 is 2.54 bits per heavy atom. The molecular weight excluding hydrogens is 591 g/mol. The largest absolute Gasteiger partial charge is 0.463 e.